The van der Waals surface area contributed by atoms with Gasteiger partial charge in [-0.1, -0.05) is 18.2 Å². The summed E-state index contributed by atoms with van der Waals surface area (Å²) >= 11 is 0. The smallest absolute Gasteiger partial charge is 0.317 e. The lowest BCUT2D eigenvalue weighted by molar-refractivity contribution is 0.113. The first-order chi connectivity index (χ1) is 11.6. The van der Waals surface area contributed by atoms with Gasteiger partial charge in [-0.15, -0.1) is 10.2 Å². The molecule has 1 atom stereocenters. The molecule has 0 radical (unpaired) electrons. The lowest BCUT2D eigenvalue weighted by Gasteiger charge is -2.20. The Labute approximate surface area is 140 Å². The first-order valence-corrected chi connectivity index (χ1v) is 8.18. The third kappa shape index (κ3) is 4.32. The molecule has 1 unspecified atom stereocenters. The largest absolute Gasteiger partial charge is 0.421 e. The van der Waals surface area contributed by atoms with E-state index in [0.717, 1.165) is 18.4 Å². The molecule has 7 nitrogen and oxygen atoms in total. The van der Waals surface area contributed by atoms with Crippen molar-refractivity contribution >= 4 is 6.03 Å². The van der Waals surface area contributed by atoms with Crippen LogP contribution in [0.1, 0.15) is 18.7 Å². The quantitative estimate of drug-likeness (QED) is 0.806. The van der Waals surface area contributed by atoms with E-state index in [0.29, 0.717) is 37.2 Å². The van der Waals surface area contributed by atoms with Crippen LogP contribution in [0, 0.1) is 5.92 Å². The highest BCUT2D eigenvalue weighted by molar-refractivity contribution is 5.73. The molecule has 1 aliphatic carbocycles. The molecular formula is C17H22N4O3. The number of amides is 2. The van der Waals surface area contributed by atoms with Gasteiger partial charge in [0.15, 0.2) is 0 Å². The maximum absolute atomic E-state index is 12.0. The summed E-state index contributed by atoms with van der Waals surface area (Å²) in [6.07, 6.45) is 2.14. The molecule has 0 aliphatic heterocycles. The third-order valence-corrected chi connectivity index (χ3v) is 4.08. The van der Waals surface area contributed by atoms with Crippen LogP contribution in [0.4, 0.5) is 4.79 Å². The van der Waals surface area contributed by atoms with Crippen LogP contribution in [-0.2, 0) is 6.42 Å². The minimum atomic E-state index is -0.426. The number of urea groups is 1. The van der Waals surface area contributed by atoms with Gasteiger partial charge < -0.3 is 19.7 Å². The number of hydrogen-bond acceptors (Lipinski definition) is 5. The fourth-order valence-corrected chi connectivity index (χ4v) is 2.46. The SMILES string of the molecule is CN(CC(O)C1CC1)C(=O)NCCc1nnc(-c2ccccc2)o1. The average molecular weight is 330 g/mol. The molecule has 1 fully saturated rings. The Bertz CT molecular complexity index is 669. The number of aliphatic hydroxyl groups is 1. The molecule has 7 heteroatoms. The van der Waals surface area contributed by atoms with E-state index in [4.69, 9.17) is 4.42 Å². The van der Waals surface area contributed by atoms with Crippen molar-refractivity contribution in [1.82, 2.24) is 20.4 Å². The maximum Gasteiger partial charge on any atom is 0.317 e. The van der Waals surface area contributed by atoms with Crippen molar-refractivity contribution in [2.75, 3.05) is 20.1 Å². The highest BCUT2D eigenvalue weighted by atomic mass is 16.4. The number of aliphatic hydroxyl groups excluding tert-OH is 1. The van der Waals surface area contributed by atoms with Crippen LogP contribution in [0.25, 0.3) is 11.5 Å². The summed E-state index contributed by atoms with van der Waals surface area (Å²) in [5.41, 5.74) is 0.870. The van der Waals surface area contributed by atoms with Crippen molar-refractivity contribution in [3.05, 3.63) is 36.2 Å². The van der Waals surface area contributed by atoms with Gasteiger partial charge >= 0.3 is 6.03 Å². The Morgan fingerprint density at radius 3 is 2.83 bits per heavy atom. The zero-order valence-corrected chi connectivity index (χ0v) is 13.7. The molecule has 0 bridgehead atoms. The fraction of sp³-hybridized carbons (Fsp3) is 0.471. The summed E-state index contributed by atoms with van der Waals surface area (Å²) in [5.74, 6) is 1.31. The molecule has 2 aromatic rings. The summed E-state index contributed by atoms with van der Waals surface area (Å²) in [5, 5.41) is 20.7. The molecule has 0 saturated heterocycles. The minimum absolute atomic E-state index is 0.211. The predicted octanol–water partition coefficient (Wildman–Crippen LogP) is 1.69. The van der Waals surface area contributed by atoms with Gasteiger partial charge in [-0.05, 0) is 30.9 Å². The maximum atomic E-state index is 12.0. The second kappa shape index (κ2) is 7.44. The Kier molecular flexibility index (Phi) is 5.10. The number of carbonyl (C=O) groups is 1. The summed E-state index contributed by atoms with van der Waals surface area (Å²) < 4.78 is 5.59. The minimum Gasteiger partial charge on any atom is -0.421 e. The van der Waals surface area contributed by atoms with Crippen LogP contribution in [-0.4, -0.2) is 52.5 Å². The van der Waals surface area contributed by atoms with Gasteiger partial charge in [0.25, 0.3) is 0 Å². The number of aromatic nitrogens is 2. The van der Waals surface area contributed by atoms with Crippen molar-refractivity contribution < 1.29 is 14.3 Å². The van der Waals surface area contributed by atoms with Crippen LogP contribution in [0.3, 0.4) is 0 Å². The Morgan fingerprint density at radius 1 is 1.38 bits per heavy atom. The molecule has 1 aliphatic rings. The zero-order chi connectivity index (χ0) is 16.9. The van der Waals surface area contributed by atoms with Gasteiger partial charge in [-0.3, -0.25) is 0 Å². The van der Waals surface area contributed by atoms with E-state index < -0.39 is 6.10 Å². The normalized spacial score (nSPS) is 15.1. The average Bonchev–Trinajstić information content (AvgIpc) is 3.35. The van der Waals surface area contributed by atoms with E-state index in [2.05, 4.69) is 15.5 Å². The number of nitrogens with one attached hydrogen (secondary N) is 1. The third-order valence-electron chi connectivity index (χ3n) is 4.08. The summed E-state index contributed by atoms with van der Waals surface area (Å²) in [6, 6.07) is 9.33. The number of nitrogens with zero attached hydrogens (tertiary/aromatic N) is 3. The molecular weight excluding hydrogens is 308 g/mol. The van der Waals surface area contributed by atoms with E-state index in [9.17, 15) is 9.90 Å². The Morgan fingerprint density at radius 2 is 2.12 bits per heavy atom. The van der Waals surface area contributed by atoms with Crippen molar-refractivity contribution in [3.63, 3.8) is 0 Å². The first kappa shape index (κ1) is 16.4. The van der Waals surface area contributed by atoms with Gasteiger partial charge in [0.1, 0.15) is 0 Å². The van der Waals surface area contributed by atoms with Crippen LogP contribution in [0.15, 0.2) is 34.7 Å². The van der Waals surface area contributed by atoms with E-state index in [1.807, 2.05) is 30.3 Å². The lowest BCUT2D eigenvalue weighted by Crippen LogP contribution is -2.42. The second-order valence-corrected chi connectivity index (χ2v) is 6.13. The monoisotopic (exact) mass is 330 g/mol. The van der Waals surface area contributed by atoms with Crippen molar-refractivity contribution in [3.8, 4) is 11.5 Å². The topological polar surface area (TPSA) is 91.5 Å². The number of rotatable bonds is 7. The van der Waals surface area contributed by atoms with Crippen LogP contribution in [0.5, 0.6) is 0 Å². The van der Waals surface area contributed by atoms with Gasteiger partial charge in [-0.2, -0.15) is 0 Å². The second-order valence-electron chi connectivity index (χ2n) is 6.13. The van der Waals surface area contributed by atoms with E-state index in [-0.39, 0.29) is 6.03 Å². The summed E-state index contributed by atoms with van der Waals surface area (Å²) in [7, 11) is 1.68. The molecule has 2 amide bonds. The van der Waals surface area contributed by atoms with E-state index in [1.54, 1.807) is 7.05 Å². The highest BCUT2D eigenvalue weighted by Crippen LogP contribution is 2.32. The first-order valence-electron chi connectivity index (χ1n) is 8.18. The summed E-state index contributed by atoms with van der Waals surface area (Å²) in [6.45, 7) is 0.758. The highest BCUT2D eigenvalue weighted by Gasteiger charge is 2.31. The van der Waals surface area contributed by atoms with Gasteiger partial charge in [-0.25, -0.2) is 4.79 Å². The fourth-order valence-electron chi connectivity index (χ4n) is 2.46. The Balaban J connectivity index is 1.43. The number of benzene rings is 1. The molecule has 3 rings (SSSR count). The standard InChI is InChI=1S/C17H22N4O3/c1-21(11-14(22)12-7-8-12)17(23)18-10-9-15-19-20-16(24-15)13-5-3-2-4-6-13/h2-6,12,14,22H,7-11H2,1H3,(H,18,23). The number of hydrogen-bond donors (Lipinski definition) is 2. The zero-order valence-electron chi connectivity index (χ0n) is 13.7. The molecule has 1 heterocycles. The number of likely N-dealkylation sites (N-methyl/N-ethyl adjacent to an activating group) is 1. The molecule has 0 spiro atoms. The molecule has 1 saturated carbocycles. The van der Waals surface area contributed by atoms with E-state index in [1.165, 1.54) is 4.90 Å². The molecule has 128 valence electrons. The van der Waals surface area contributed by atoms with Crippen LogP contribution >= 0.6 is 0 Å². The van der Waals surface area contributed by atoms with Crippen LogP contribution < -0.4 is 5.32 Å². The molecule has 1 aromatic heterocycles. The van der Waals surface area contributed by atoms with Gasteiger partial charge in [0.2, 0.25) is 11.8 Å². The van der Waals surface area contributed by atoms with Crippen molar-refractivity contribution in [1.29, 1.82) is 0 Å². The van der Waals surface area contributed by atoms with Gasteiger partial charge in [0.05, 0.1) is 6.10 Å². The predicted molar refractivity (Wildman–Crippen MR) is 88.2 cm³/mol. The lowest BCUT2D eigenvalue weighted by atomic mass is 10.2. The molecule has 2 N–H and O–H groups in total. The Hall–Kier alpha value is -2.41. The molecule has 24 heavy (non-hydrogen) atoms. The van der Waals surface area contributed by atoms with Crippen molar-refractivity contribution in [2.24, 2.45) is 5.92 Å². The van der Waals surface area contributed by atoms with Crippen LogP contribution in [0.2, 0.25) is 0 Å². The van der Waals surface area contributed by atoms with E-state index >= 15 is 0 Å². The number of carbonyl (C=O) groups excluding carboxylic acids is 1. The molecule has 1 aromatic carbocycles. The van der Waals surface area contributed by atoms with Crippen molar-refractivity contribution in [2.45, 2.75) is 25.4 Å². The van der Waals surface area contributed by atoms with Gasteiger partial charge in [0, 0.05) is 32.1 Å². The summed E-state index contributed by atoms with van der Waals surface area (Å²) in [4.78, 5) is 13.5.